The molecule has 3 rings (SSSR count). The van der Waals surface area contributed by atoms with Crippen LogP contribution in [0, 0.1) is 5.92 Å². The van der Waals surface area contributed by atoms with Crippen molar-refractivity contribution in [2.45, 2.75) is 25.7 Å². The molecule has 0 aliphatic carbocycles. The van der Waals surface area contributed by atoms with Gasteiger partial charge in [0, 0.05) is 16.7 Å². The van der Waals surface area contributed by atoms with E-state index in [2.05, 4.69) is 22.8 Å². The van der Waals surface area contributed by atoms with Gasteiger partial charge in [0.15, 0.2) is 5.78 Å². The highest BCUT2D eigenvalue weighted by atomic mass is 32.1. The van der Waals surface area contributed by atoms with Crippen LogP contribution in [0.25, 0.3) is 10.1 Å². The number of benzene rings is 1. The van der Waals surface area contributed by atoms with Gasteiger partial charge in [0.05, 0.1) is 0 Å². The summed E-state index contributed by atoms with van der Waals surface area (Å²) in [7, 11) is 0. The molecule has 2 aromatic rings. The molecule has 1 unspecified atom stereocenters. The number of rotatable bonds is 4. The molecule has 19 heavy (non-hydrogen) atoms. The number of thiophene rings is 1. The highest BCUT2D eigenvalue weighted by Gasteiger charge is 2.16. The number of nitrogens with one attached hydrogen (secondary N) is 1. The van der Waals surface area contributed by atoms with Gasteiger partial charge in [-0.25, -0.2) is 0 Å². The normalized spacial score (nSPS) is 19.7. The third-order valence-electron chi connectivity index (χ3n) is 3.96. The van der Waals surface area contributed by atoms with E-state index in [-0.39, 0.29) is 0 Å². The van der Waals surface area contributed by atoms with Crippen molar-refractivity contribution in [2.75, 3.05) is 13.1 Å². The van der Waals surface area contributed by atoms with Crippen molar-refractivity contribution >= 4 is 27.2 Å². The fourth-order valence-electron chi connectivity index (χ4n) is 2.85. The zero-order valence-electron chi connectivity index (χ0n) is 11.0. The summed E-state index contributed by atoms with van der Waals surface area (Å²) in [5, 5.41) is 6.67. The number of ketones is 1. The molecule has 0 amide bonds. The molecule has 1 atom stereocenters. The van der Waals surface area contributed by atoms with Crippen LogP contribution >= 0.6 is 11.3 Å². The summed E-state index contributed by atoms with van der Waals surface area (Å²) in [5.41, 5.74) is 0.913. The lowest BCUT2D eigenvalue weighted by Gasteiger charge is -2.22. The van der Waals surface area contributed by atoms with Crippen LogP contribution in [0.4, 0.5) is 0 Å². The Morgan fingerprint density at radius 3 is 3.16 bits per heavy atom. The van der Waals surface area contributed by atoms with Gasteiger partial charge in [0.2, 0.25) is 0 Å². The Labute approximate surface area is 117 Å². The minimum Gasteiger partial charge on any atom is -0.316 e. The number of piperidine rings is 1. The van der Waals surface area contributed by atoms with Crippen LogP contribution in [0.15, 0.2) is 29.6 Å². The van der Waals surface area contributed by atoms with E-state index in [1.54, 1.807) is 11.3 Å². The number of carbonyl (C=O) groups excluding carboxylic acids is 1. The number of hydrogen-bond donors (Lipinski definition) is 1. The summed E-state index contributed by atoms with van der Waals surface area (Å²) < 4.78 is 1.15. The molecule has 1 N–H and O–H groups in total. The second-order valence-corrected chi connectivity index (χ2v) is 6.23. The first-order valence-electron chi connectivity index (χ1n) is 7.05. The van der Waals surface area contributed by atoms with E-state index in [1.165, 1.54) is 18.2 Å². The maximum absolute atomic E-state index is 12.4. The third kappa shape index (κ3) is 2.88. The maximum atomic E-state index is 12.4. The Hall–Kier alpha value is -1.19. The summed E-state index contributed by atoms with van der Waals surface area (Å²) in [4.78, 5) is 12.4. The van der Waals surface area contributed by atoms with Crippen LogP contribution in [-0.2, 0) is 0 Å². The van der Waals surface area contributed by atoms with Gasteiger partial charge in [-0.1, -0.05) is 12.1 Å². The first-order chi connectivity index (χ1) is 9.34. The Bertz CT molecular complexity index is 569. The smallest absolute Gasteiger partial charge is 0.164 e. The molecule has 1 aromatic heterocycles. The molecule has 1 aliphatic heterocycles. The lowest BCUT2D eigenvalue weighted by molar-refractivity contribution is 0.0973. The molecule has 1 aliphatic rings. The molecule has 0 bridgehead atoms. The van der Waals surface area contributed by atoms with E-state index in [0.717, 1.165) is 29.8 Å². The van der Waals surface area contributed by atoms with E-state index < -0.39 is 0 Å². The minimum absolute atomic E-state index is 0.304. The number of fused-ring (bicyclic) bond motifs is 1. The van der Waals surface area contributed by atoms with Crippen molar-refractivity contribution in [3.8, 4) is 0 Å². The number of carbonyl (C=O) groups is 1. The van der Waals surface area contributed by atoms with E-state index in [0.29, 0.717) is 18.1 Å². The number of Topliss-reactive ketones (excluding diaryl/α,β-unsaturated/α-hetero) is 1. The van der Waals surface area contributed by atoms with Crippen molar-refractivity contribution in [3.63, 3.8) is 0 Å². The van der Waals surface area contributed by atoms with E-state index in [1.807, 2.05) is 12.1 Å². The second-order valence-electron chi connectivity index (χ2n) is 5.32. The van der Waals surface area contributed by atoms with Crippen LogP contribution in [0.5, 0.6) is 0 Å². The molecule has 0 saturated carbocycles. The van der Waals surface area contributed by atoms with Crippen LogP contribution in [0.2, 0.25) is 0 Å². The maximum Gasteiger partial charge on any atom is 0.164 e. The highest BCUT2D eigenvalue weighted by molar-refractivity contribution is 7.17. The largest absolute Gasteiger partial charge is 0.316 e. The highest BCUT2D eigenvalue weighted by Crippen LogP contribution is 2.26. The minimum atomic E-state index is 0.304. The van der Waals surface area contributed by atoms with Crippen LogP contribution in [0.3, 0.4) is 0 Å². The van der Waals surface area contributed by atoms with Crippen LogP contribution in [0.1, 0.15) is 36.0 Å². The van der Waals surface area contributed by atoms with Crippen LogP contribution in [-0.4, -0.2) is 18.9 Å². The van der Waals surface area contributed by atoms with Gasteiger partial charge in [0.25, 0.3) is 0 Å². The monoisotopic (exact) mass is 273 g/mol. The average molecular weight is 273 g/mol. The lowest BCUT2D eigenvalue weighted by Crippen LogP contribution is -2.30. The second kappa shape index (κ2) is 5.85. The Morgan fingerprint density at radius 2 is 2.32 bits per heavy atom. The van der Waals surface area contributed by atoms with E-state index in [4.69, 9.17) is 0 Å². The zero-order valence-corrected chi connectivity index (χ0v) is 11.8. The summed E-state index contributed by atoms with van der Waals surface area (Å²) in [6, 6.07) is 8.13. The molecule has 1 saturated heterocycles. The van der Waals surface area contributed by atoms with Gasteiger partial charge in [-0.15, -0.1) is 11.3 Å². The third-order valence-corrected chi connectivity index (χ3v) is 4.92. The summed E-state index contributed by atoms with van der Waals surface area (Å²) >= 11 is 1.67. The van der Waals surface area contributed by atoms with Gasteiger partial charge in [-0.3, -0.25) is 4.79 Å². The Kier molecular flexibility index (Phi) is 3.95. The molecule has 2 nitrogen and oxygen atoms in total. The van der Waals surface area contributed by atoms with Gasteiger partial charge < -0.3 is 5.32 Å². The predicted molar refractivity (Wildman–Crippen MR) is 81.0 cm³/mol. The van der Waals surface area contributed by atoms with Crippen molar-refractivity contribution in [2.24, 2.45) is 5.92 Å². The molecule has 100 valence electrons. The first kappa shape index (κ1) is 12.8. The van der Waals surface area contributed by atoms with E-state index >= 15 is 0 Å². The molecular formula is C16H19NOS. The zero-order chi connectivity index (χ0) is 13.1. The quantitative estimate of drug-likeness (QED) is 0.857. The Morgan fingerprint density at radius 1 is 1.37 bits per heavy atom. The van der Waals surface area contributed by atoms with Gasteiger partial charge in [0.1, 0.15) is 0 Å². The van der Waals surface area contributed by atoms with Crippen LogP contribution < -0.4 is 5.32 Å². The predicted octanol–water partition coefficient (Wildman–Crippen LogP) is 3.86. The fourth-order valence-corrected chi connectivity index (χ4v) is 3.78. The summed E-state index contributed by atoms with van der Waals surface area (Å²) in [5.74, 6) is 0.985. The first-order valence-corrected chi connectivity index (χ1v) is 7.93. The molecule has 0 radical (unpaired) electrons. The average Bonchev–Trinajstić information content (AvgIpc) is 2.94. The standard InChI is InChI=1S/C16H19NOS/c18-15(7-6-12-3-2-9-17-11-12)14-5-1-4-13-8-10-19-16(13)14/h1,4-5,8,10,12,17H,2-3,6-7,9,11H2. The Balaban J connectivity index is 1.68. The molecule has 0 spiro atoms. The SMILES string of the molecule is O=C(CCC1CCCNC1)c1cccc2ccsc12. The van der Waals surface area contributed by atoms with Gasteiger partial charge in [-0.2, -0.15) is 0 Å². The molecule has 1 aromatic carbocycles. The fraction of sp³-hybridized carbons (Fsp3) is 0.438. The topological polar surface area (TPSA) is 29.1 Å². The molecule has 1 fully saturated rings. The van der Waals surface area contributed by atoms with Crippen molar-refractivity contribution in [1.29, 1.82) is 0 Å². The summed E-state index contributed by atoms with van der Waals surface area (Å²) in [6.07, 6.45) is 4.22. The van der Waals surface area contributed by atoms with Gasteiger partial charge >= 0.3 is 0 Å². The van der Waals surface area contributed by atoms with Crippen molar-refractivity contribution in [3.05, 3.63) is 35.2 Å². The van der Waals surface area contributed by atoms with Gasteiger partial charge in [-0.05, 0) is 61.2 Å². The molecular weight excluding hydrogens is 254 g/mol. The van der Waals surface area contributed by atoms with Crippen molar-refractivity contribution < 1.29 is 4.79 Å². The van der Waals surface area contributed by atoms with Crippen molar-refractivity contribution in [1.82, 2.24) is 5.32 Å². The molecule has 3 heteroatoms. The molecule has 2 heterocycles. The lowest BCUT2D eigenvalue weighted by atomic mass is 9.92. The summed E-state index contributed by atoms with van der Waals surface area (Å²) in [6.45, 7) is 2.22. The van der Waals surface area contributed by atoms with E-state index in [9.17, 15) is 4.79 Å². The number of hydrogen-bond acceptors (Lipinski definition) is 3.